The van der Waals surface area contributed by atoms with Crippen molar-refractivity contribution in [2.75, 3.05) is 0 Å². The highest BCUT2D eigenvalue weighted by atomic mass is 32.2. The molecule has 0 saturated heterocycles. The van der Waals surface area contributed by atoms with Gasteiger partial charge in [0.15, 0.2) is 0 Å². The van der Waals surface area contributed by atoms with Crippen LogP contribution in [-0.4, -0.2) is 22.2 Å². The molecule has 0 unspecified atom stereocenters. The van der Waals surface area contributed by atoms with Gasteiger partial charge in [-0.05, 0) is 18.6 Å². The van der Waals surface area contributed by atoms with Crippen LogP contribution in [0.15, 0.2) is 0 Å². The lowest BCUT2D eigenvalue weighted by molar-refractivity contribution is -0.0504. The van der Waals surface area contributed by atoms with Crippen LogP contribution in [0.4, 0.5) is 13.2 Å². The van der Waals surface area contributed by atoms with Crippen molar-refractivity contribution >= 4 is 18.4 Å². The summed E-state index contributed by atoms with van der Waals surface area (Å²) in [6, 6.07) is 0.826. The van der Waals surface area contributed by atoms with E-state index in [2.05, 4.69) is 3.87 Å². The summed E-state index contributed by atoms with van der Waals surface area (Å²) in [7, 11) is -8.24. The van der Waals surface area contributed by atoms with Crippen LogP contribution in [0.3, 0.4) is 0 Å². The van der Waals surface area contributed by atoms with Crippen molar-refractivity contribution in [3.8, 4) is 0 Å². The Morgan fingerprint density at radius 3 is 1.75 bits per heavy atom. The Bertz CT molecular complexity index is 307. The largest absolute Gasteiger partial charge is 0.522 e. The first-order chi connectivity index (χ1) is 7.08. The fourth-order valence-electron chi connectivity index (χ4n) is 1.58. The van der Waals surface area contributed by atoms with Crippen LogP contribution >= 0.6 is 0 Å². The fourth-order valence-corrected chi connectivity index (χ4v) is 7.11. The Morgan fingerprint density at radius 1 is 1.12 bits per heavy atom. The molecule has 0 radical (unpaired) electrons. The van der Waals surface area contributed by atoms with Crippen molar-refractivity contribution < 1.29 is 25.5 Å². The van der Waals surface area contributed by atoms with E-state index in [9.17, 15) is 21.6 Å². The van der Waals surface area contributed by atoms with Crippen LogP contribution < -0.4 is 0 Å². The van der Waals surface area contributed by atoms with Crippen LogP contribution in [-0.2, 0) is 14.0 Å². The van der Waals surface area contributed by atoms with Crippen LogP contribution in [0.2, 0.25) is 18.6 Å². The molecule has 0 heterocycles. The Labute approximate surface area is 95.2 Å². The number of alkyl halides is 3. The minimum absolute atomic E-state index is 0.413. The number of hydrogen-bond donors (Lipinski definition) is 0. The third-order valence-electron chi connectivity index (χ3n) is 2.15. The van der Waals surface area contributed by atoms with E-state index in [4.69, 9.17) is 0 Å². The van der Waals surface area contributed by atoms with Crippen molar-refractivity contribution in [2.45, 2.75) is 50.8 Å². The highest BCUT2D eigenvalue weighted by Crippen LogP contribution is 2.31. The highest BCUT2D eigenvalue weighted by molar-refractivity contribution is 7.88. The maximum absolute atomic E-state index is 12.2. The third-order valence-corrected chi connectivity index (χ3v) is 8.32. The second-order valence-corrected chi connectivity index (χ2v) is 9.87. The summed E-state index contributed by atoms with van der Waals surface area (Å²) >= 11 is 0. The molecule has 3 nitrogen and oxygen atoms in total. The van der Waals surface area contributed by atoms with E-state index in [1.165, 1.54) is 6.55 Å². The molecule has 0 amide bonds. The second-order valence-electron chi connectivity index (χ2n) is 3.93. The van der Waals surface area contributed by atoms with Gasteiger partial charge in [0, 0.05) is 0 Å². The zero-order chi connectivity index (χ0) is 13.0. The van der Waals surface area contributed by atoms with E-state index >= 15 is 0 Å². The molecule has 0 aromatic carbocycles. The predicted octanol–water partition coefficient (Wildman–Crippen LogP) is 3.25. The molecule has 0 rings (SSSR count). The zero-order valence-corrected chi connectivity index (χ0v) is 11.4. The summed E-state index contributed by atoms with van der Waals surface area (Å²) in [5.74, 6) is 0. The molecule has 16 heavy (non-hydrogen) atoms. The van der Waals surface area contributed by atoms with Gasteiger partial charge in [-0.25, -0.2) is 0 Å². The van der Waals surface area contributed by atoms with Crippen molar-refractivity contribution in [1.82, 2.24) is 0 Å². The molecule has 0 bridgehead atoms. The molecule has 0 aromatic rings. The quantitative estimate of drug-likeness (QED) is 0.553. The van der Waals surface area contributed by atoms with Gasteiger partial charge in [-0.15, -0.1) is 0 Å². The van der Waals surface area contributed by atoms with Crippen molar-refractivity contribution in [3.63, 3.8) is 0 Å². The lowest BCUT2D eigenvalue weighted by atomic mass is 10.6. The molecule has 0 atom stereocenters. The van der Waals surface area contributed by atoms with Gasteiger partial charge in [0.2, 0.25) is 8.32 Å². The standard InChI is InChI=1S/C8H17F3O3SSi/c1-4-6-16(3,7-5-2)14-15(12,13)8(9,10)11/h4-7H2,1-3H3. The Kier molecular flexibility index (Phi) is 5.47. The minimum atomic E-state index is -5.44. The number of rotatable bonds is 6. The first-order valence-electron chi connectivity index (χ1n) is 5.10. The average Bonchev–Trinajstić information content (AvgIpc) is 2.00. The van der Waals surface area contributed by atoms with E-state index < -0.39 is 23.9 Å². The maximum atomic E-state index is 12.2. The van der Waals surface area contributed by atoms with E-state index in [-0.39, 0.29) is 0 Å². The average molecular weight is 278 g/mol. The summed E-state index contributed by atoms with van der Waals surface area (Å²) in [6.45, 7) is 5.12. The summed E-state index contributed by atoms with van der Waals surface area (Å²) in [4.78, 5) is 0. The molecule has 0 aliphatic heterocycles. The Morgan fingerprint density at radius 2 is 1.50 bits per heavy atom. The predicted molar refractivity (Wildman–Crippen MR) is 57.9 cm³/mol. The summed E-state index contributed by atoms with van der Waals surface area (Å²) < 4.78 is 62.7. The lowest BCUT2D eigenvalue weighted by Gasteiger charge is -2.26. The van der Waals surface area contributed by atoms with Crippen molar-refractivity contribution in [1.29, 1.82) is 0 Å². The van der Waals surface area contributed by atoms with Crippen molar-refractivity contribution in [3.05, 3.63) is 0 Å². The van der Waals surface area contributed by atoms with Crippen LogP contribution in [0.1, 0.15) is 26.7 Å². The van der Waals surface area contributed by atoms with Gasteiger partial charge in [-0.2, -0.15) is 21.6 Å². The monoisotopic (exact) mass is 278 g/mol. The van der Waals surface area contributed by atoms with Crippen LogP contribution in [0.5, 0.6) is 0 Å². The van der Waals surface area contributed by atoms with Crippen LogP contribution in [0, 0.1) is 0 Å². The molecule has 0 N–H and O–H groups in total. The number of hydrogen-bond acceptors (Lipinski definition) is 3. The summed E-state index contributed by atoms with van der Waals surface area (Å²) in [6.07, 6.45) is 1.24. The minimum Gasteiger partial charge on any atom is -0.308 e. The topological polar surface area (TPSA) is 43.4 Å². The highest BCUT2D eigenvalue weighted by Gasteiger charge is 2.50. The third kappa shape index (κ3) is 4.42. The SMILES string of the molecule is CCC[Si](C)(CCC)OS(=O)(=O)C(F)(F)F. The summed E-state index contributed by atoms with van der Waals surface area (Å²) in [5.41, 5.74) is -5.32. The van der Waals surface area contributed by atoms with Gasteiger partial charge in [0.25, 0.3) is 0 Å². The molecular weight excluding hydrogens is 261 g/mol. The first kappa shape index (κ1) is 15.9. The fraction of sp³-hybridized carbons (Fsp3) is 1.00. The van der Waals surface area contributed by atoms with E-state index in [0.717, 1.165) is 0 Å². The Balaban J connectivity index is 4.90. The van der Waals surface area contributed by atoms with Crippen molar-refractivity contribution in [2.24, 2.45) is 0 Å². The molecule has 0 spiro atoms. The van der Waals surface area contributed by atoms with E-state index in [1.807, 2.05) is 0 Å². The van der Waals surface area contributed by atoms with Gasteiger partial charge < -0.3 is 3.87 Å². The van der Waals surface area contributed by atoms with Gasteiger partial charge in [-0.3, -0.25) is 0 Å². The molecule has 0 aromatic heterocycles. The smallest absolute Gasteiger partial charge is 0.308 e. The zero-order valence-electron chi connectivity index (χ0n) is 9.60. The molecule has 0 saturated carbocycles. The van der Waals surface area contributed by atoms with E-state index in [0.29, 0.717) is 24.9 Å². The number of halogens is 3. The van der Waals surface area contributed by atoms with Gasteiger partial charge in [0.05, 0.1) is 0 Å². The first-order valence-corrected chi connectivity index (χ1v) is 9.33. The van der Waals surface area contributed by atoms with Gasteiger partial charge in [-0.1, -0.05) is 26.7 Å². The molecule has 98 valence electrons. The molecule has 0 fully saturated rings. The lowest BCUT2D eigenvalue weighted by Crippen LogP contribution is -2.41. The Hall–Kier alpha value is -0.0831. The van der Waals surface area contributed by atoms with Gasteiger partial charge in [0.1, 0.15) is 0 Å². The van der Waals surface area contributed by atoms with E-state index in [1.54, 1.807) is 13.8 Å². The van der Waals surface area contributed by atoms with Crippen LogP contribution in [0.25, 0.3) is 0 Å². The van der Waals surface area contributed by atoms with Gasteiger partial charge >= 0.3 is 15.6 Å². The molecule has 0 aliphatic rings. The normalized spacial score (nSPS) is 14.1. The maximum Gasteiger partial charge on any atom is 0.522 e. The molecule has 0 aliphatic carbocycles. The summed E-state index contributed by atoms with van der Waals surface area (Å²) in [5, 5.41) is 0. The second kappa shape index (κ2) is 5.50. The molecule has 8 heteroatoms. The molecular formula is C8H17F3O3SSi.